The van der Waals surface area contributed by atoms with Crippen LogP contribution in [-0.4, -0.2) is 23.7 Å². The summed E-state index contributed by atoms with van der Waals surface area (Å²) in [5.41, 5.74) is 1.23. The molecule has 0 spiro atoms. The summed E-state index contributed by atoms with van der Waals surface area (Å²) in [7, 11) is 0. The van der Waals surface area contributed by atoms with E-state index < -0.39 is 0 Å². The molecule has 0 aliphatic heterocycles. The molecule has 1 amide bonds. The zero-order chi connectivity index (χ0) is 20.4. The first-order chi connectivity index (χ1) is 13.5. The Hall–Kier alpha value is -2.60. The van der Waals surface area contributed by atoms with Crippen LogP contribution >= 0.6 is 12.2 Å². The molecule has 0 heterocycles. The maximum atomic E-state index is 12.4. The third-order valence-corrected chi connectivity index (χ3v) is 4.35. The van der Waals surface area contributed by atoms with Crippen LogP contribution in [0, 0.1) is 0 Å². The van der Waals surface area contributed by atoms with Crippen LogP contribution in [0.5, 0.6) is 11.5 Å². The largest absolute Gasteiger partial charge is 0.491 e. The normalized spacial score (nSPS) is 11.4. The molecule has 2 aromatic rings. The number of thiocarbonyl (C=S) groups is 1. The number of unbranched alkanes of at least 4 members (excludes halogenated alkanes) is 1. The lowest BCUT2D eigenvalue weighted by Gasteiger charge is -2.15. The highest BCUT2D eigenvalue weighted by Gasteiger charge is 2.11. The molecule has 0 aliphatic carbocycles. The second-order valence-corrected chi connectivity index (χ2v) is 6.88. The summed E-state index contributed by atoms with van der Waals surface area (Å²) in [5, 5.41) is 5.95. The minimum Gasteiger partial charge on any atom is -0.491 e. The SMILES string of the molecule is CCCCOc1ccccc1NC(=S)NC(=O)c1ccc(OC(C)CC)cc1. The smallest absolute Gasteiger partial charge is 0.257 e. The van der Waals surface area contributed by atoms with Gasteiger partial charge in [-0.2, -0.15) is 0 Å². The van der Waals surface area contributed by atoms with E-state index in [9.17, 15) is 4.79 Å². The molecule has 2 rings (SSSR count). The topological polar surface area (TPSA) is 59.6 Å². The third kappa shape index (κ3) is 6.85. The van der Waals surface area contributed by atoms with E-state index in [1.165, 1.54) is 0 Å². The monoisotopic (exact) mass is 400 g/mol. The van der Waals surface area contributed by atoms with Gasteiger partial charge < -0.3 is 14.8 Å². The summed E-state index contributed by atoms with van der Waals surface area (Å²) in [4.78, 5) is 12.4. The summed E-state index contributed by atoms with van der Waals surface area (Å²) in [6.45, 7) is 6.82. The van der Waals surface area contributed by atoms with E-state index in [0.29, 0.717) is 17.9 Å². The van der Waals surface area contributed by atoms with Crippen LogP contribution in [0.2, 0.25) is 0 Å². The summed E-state index contributed by atoms with van der Waals surface area (Å²) in [6, 6.07) is 14.5. The van der Waals surface area contributed by atoms with Gasteiger partial charge in [0.2, 0.25) is 0 Å². The van der Waals surface area contributed by atoms with Crippen LogP contribution in [-0.2, 0) is 0 Å². The van der Waals surface area contributed by atoms with Gasteiger partial charge in [0.25, 0.3) is 5.91 Å². The lowest BCUT2D eigenvalue weighted by molar-refractivity contribution is 0.0977. The summed E-state index contributed by atoms with van der Waals surface area (Å²) < 4.78 is 11.5. The van der Waals surface area contributed by atoms with E-state index in [1.807, 2.05) is 31.2 Å². The van der Waals surface area contributed by atoms with E-state index in [0.717, 1.165) is 30.7 Å². The first-order valence-corrected chi connectivity index (χ1v) is 10.0. The molecule has 0 saturated carbocycles. The molecule has 0 bridgehead atoms. The van der Waals surface area contributed by atoms with Crippen molar-refractivity contribution in [3.63, 3.8) is 0 Å². The van der Waals surface area contributed by atoms with Crippen molar-refractivity contribution in [1.29, 1.82) is 0 Å². The van der Waals surface area contributed by atoms with Crippen LogP contribution < -0.4 is 20.1 Å². The molecule has 0 fully saturated rings. The lowest BCUT2D eigenvalue weighted by atomic mass is 10.2. The third-order valence-electron chi connectivity index (χ3n) is 4.15. The fraction of sp³-hybridized carbons (Fsp3) is 0.364. The van der Waals surface area contributed by atoms with E-state index in [-0.39, 0.29) is 17.1 Å². The minimum atomic E-state index is -0.281. The van der Waals surface area contributed by atoms with Crippen LogP contribution in [0.1, 0.15) is 50.4 Å². The van der Waals surface area contributed by atoms with Crippen molar-refractivity contribution in [1.82, 2.24) is 5.32 Å². The van der Waals surface area contributed by atoms with Gasteiger partial charge in [-0.15, -0.1) is 0 Å². The number of hydrogen-bond acceptors (Lipinski definition) is 4. The number of carbonyl (C=O) groups excluding carboxylic acids is 1. The number of para-hydroxylation sites is 2. The van der Waals surface area contributed by atoms with Crippen molar-refractivity contribution in [2.24, 2.45) is 0 Å². The maximum absolute atomic E-state index is 12.4. The number of benzene rings is 2. The Bertz CT molecular complexity index is 778. The second kappa shape index (κ2) is 11.3. The van der Waals surface area contributed by atoms with Crippen molar-refractivity contribution < 1.29 is 14.3 Å². The first kappa shape index (κ1) is 21.7. The molecule has 0 radical (unpaired) electrons. The van der Waals surface area contributed by atoms with Gasteiger partial charge in [-0.3, -0.25) is 10.1 Å². The highest BCUT2D eigenvalue weighted by Crippen LogP contribution is 2.24. The lowest BCUT2D eigenvalue weighted by Crippen LogP contribution is -2.34. The number of carbonyl (C=O) groups is 1. The standard InChI is InChI=1S/C22H28N2O3S/c1-4-6-15-26-20-10-8-7-9-19(20)23-22(28)24-21(25)17-11-13-18(14-12-17)27-16(3)5-2/h7-14,16H,4-6,15H2,1-3H3,(H2,23,24,25,28). The molecule has 150 valence electrons. The molecule has 0 aliphatic rings. The van der Waals surface area contributed by atoms with Crippen molar-refractivity contribution in [2.45, 2.75) is 46.1 Å². The number of nitrogens with one attached hydrogen (secondary N) is 2. The van der Waals surface area contributed by atoms with Crippen molar-refractivity contribution in [2.75, 3.05) is 11.9 Å². The molecule has 2 aromatic carbocycles. The van der Waals surface area contributed by atoms with Crippen LogP contribution in [0.3, 0.4) is 0 Å². The number of ether oxygens (including phenoxy) is 2. The average Bonchev–Trinajstić information content (AvgIpc) is 2.69. The second-order valence-electron chi connectivity index (χ2n) is 6.47. The number of hydrogen-bond donors (Lipinski definition) is 2. The highest BCUT2D eigenvalue weighted by atomic mass is 32.1. The van der Waals surface area contributed by atoms with Crippen molar-refractivity contribution in [3.05, 3.63) is 54.1 Å². The zero-order valence-electron chi connectivity index (χ0n) is 16.7. The van der Waals surface area contributed by atoms with Crippen molar-refractivity contribution in [3.8, 4) is 11.5 Å². The summed E-state index contributed by atoms with van der Waals surface area (Å²) >= 11 is 5.28. The van der Waals surface area contributed by atoms with Crippen LogP contribution in [0.4, 0.5) is 5.69 Å². The highest BCUT2D eigenvalue weighted by molar-refractivity contribution is 7.80. The van der Waals surface area contributed by atoms with Gasteiger partial charge in [-0.25, -0.2) is 0 Å². The Balaban J connectivity index is 1.93. The predicted molar refractivity (Wildman–Crippen MR) is 117 cm³/mol. The molecule has 0 aromatic heterocycles. The van der Waals surface area contributed by atoms with Gasteiger partial charge in [0.15, 0.2) is 5.11 Å². The predicted octanol–water partition coefficient (Wildman–Crippen LogP) is 5.17. The fourth-order valence-corrected chi connectivity index (χ4v) is 2.55. The number of amides is 1. The van der Waals surface area contributed by atoms with Gasteiger partial charge in [-0.05, 0) is 68.4 Å². The Labute approximate surface area is 172 Å². The molecular formula is C22H28N2O3S. The van der Waals surface area contributed by atoms with Gasteiger partial charge in [-0.1, -0.05) is 32.4 Å². The fourth-order valence-electron chi connectivity index (χ4n) is 2.35. The van der Waals surface area contributed by atoms with Gasteiger partial charge >= 0.3 is 0 Å². The molecule has 6 heteroatoms. The average molecular weight is 401 g/mol. The van der Waals surface area contributed by atoms with Gasteiger partial charge in [0.05, 0.1) is 18.4 Å². The molecule has 5 nitrogen and oxygen atoms in total. The Morgan fingerprint density at radius 1 is 1.11 bits per heavy atom. The molecule has 1 unspecified atom stereocenters. The van der Waals surface area contributed by atoms with E-state index in [2.05, 4.69) is 24.5 Å². The first-order valence-electron chi connectivity index (χ1n) is 9.64. The van der Waals surface area contributed by atoms with E-state index in [1.54, 1.807) is 24.3 Å². The molecule has 28 heavy (non-hydrogen) atoms. The van der Waals surface area contributed by atoms with Crippen LogP contribution in [0.25, 0.3) is 0 Å². The maximum Gasteiger partial charge on any atom is 0.257 e. The number of anilines is 1. The Morgan fingerprint density at radius 2 is 1.82 bits per heavy atom. The van der Waals surface area contributed by atoms with Gasteiger partial charge in [0.1, 0.15) is 11.5 Å². The van der Waals surface area contributed by atoms with E-state index >= 15 is 0 Å². The minimum absolute atomic E-state index is 0.135. The van der Waals surface area contributed by atoms with Crippen LogP contribution in [0.15, 0.2) is 48.5 Å². The van der Waals surface area contributed by atoms with Gasteiger partial charge in [0, 0.05) is 5.56 Å². The molecule has 1 atom stereocenters. The summed E-state index contributed by atoms with van der Waals surface area (Å²) in [6.07, 6.45) is 3.10. The number of rotatable bonds is 9. The zero-order valence-corrected chi connectivity index (χ0v) is 17.5. The molecular weight excluding hydrogens is 372 g/mol. The molecule has 0 saturated heterocycles. The Kier molecular flexibility index (Phi) is 8.75. The summed E-state index contributed by atoms with van der Waals surface area (Å²) in [5.74, 6) is 1.17. The quantitative estimate of drug-likeness (QED) is 0.449. The van der Waals surface area contributed by atoms with Crippen molar-refractivity contribution >= 4 is 28.9 Å². The molecule has 2 N–H and O–H groups in total. The van der Waals surface area contributed by atoms with E-state index in [4.69, 9.17) is 21.7 Å². The Morgan fingerprint density at radius 3 is 2.50 bits per heavy atom.